The Morgan fingerprint density at radius 3 is 2.10 bits per heavy atom. The molecule has 0 amide bonds. The number of phenolic OH excluding ortho intramolecular Hbond substituents is 1. The summed E-state index contributed by atoms with van der Waals surface area (Å²) in [6, 6.07) is 0. The average molecular weight is 549 g/mol. The molecule has 2 heterocycles. The summed E-state index contributed by atoms with van der Waals surface area (Å²) < 4.78 is 13.4. The molecule has 1 N–H and O–H groups in total. The van der Waals surface area contributed by atoms with E-state index in [0.717, 1.165) is 6.42 Å². The van der Waals surface area contributed by atoms with Crippen LogP contribution < -0.4 is 9.47 Å². The lowest BCUT2D eigenvalue weighted by Crippen LogP contribution is -2.52. The molecule has 0 saturated carbocycles. The second kappa shape index (κ2) is 8.80. The summed E-state index contributed by atoms with van der Waals surface area (Å²) in [5.74, 6) is -0.213. The first-order chi connectivity index (χ1) is 18.4. The van der Waals surface area contributed by atoms with Crippen LogP contribution in [0.5, 0.6) is 17.2 Å². The van der Waals surface area contributed by atoms with Gasteiger partial charge in [0.25, 0.3) is 0 Å². The molecular weight excluding hydrogens is 504 g/mol. The van der Waals surface area contributed by atoms with Crippen molar-refractivity contribution >= 4 is 17.3 Å². The van der Waals surface area contributed by atoms with Gasteiger partial charge in [0.15, 0.2) is 17.3 Å². The zero-order chi connectivity index (χ0) is 29.9. The number of fused-ring (bicyclic) bond motifs is 5. The van der Waals surface area contributed by atoms with Gasteiger partial charge in [-0.05, 0) is 64.9 Å². The molecule has 0 unspecified atom stereocenters. The highest BCUT2D eigenvalue weighted by Gasteiger charge is 2.60. The lowest BCUT2D eigenvalue weighted by atomic mass is 9.59. The van der Waals surface area contributed by atoms with Crippen LogP contribution in [0.25, 0.3) is 0 Å². The molecule has 0 spiro atoms. The highest BCUT2D eigenvalue weighted by molar-refractivity contribution is 6.20. The maximum atomic E-state index is 14.1. The Morgan fingerprint density at radius 2 is 1.55 bits per heavy atom. The van der Waals surface area contributed by atoms with E-state index in [-0.39, 0.29) is 52.0 Å². The maximum absolute atomic E-state index is 14.1. The Bertz CT molecular complexity index is 1400. The number of benzene rings is 1. The largest absolute Gasteiger partial charge is 0.507 e. The summed E-state index contributed by atoms with van der Waals surface area (Å²) >= 11 is 0. The van der Waals surface area contributed by atoms with Gasteiger partial charge in [-0.2, -0.15) is 0 Å². The van der Waals surface area contributed by atoms with Crippen molar-refractivity contribution in [3.05, 3.63) is 40.2 Å². The lowest BCUT2D eigenvalue weighted by Gasteiger charge is -2.46. The van der Waals surface area contributed by atoms with Crippen LogP contribution in [0.1, 0.15) is 116 Å². The van der Waals surface area contributed by atoms with Gasteiger partial charge in [-0.1, -0.05) is 47.6 Å². The normalized spacial score (nSPS) is 29.7. The minimum absolute atomic E-state index is 0.0787. The van der Waals surface area contributed by atoms with Crippen molar-refractivity contribution in [2.45, 2.75) is 100 Å². The first-order valence-electron chi connectivity index (χ1n) is 14.7. The van der Waals surface area contributed by atoms with Crippen molar-refractivity contribution in [2.24, 2.45) is 34.5 Å². The van der Waals surface area contributed by atoms with Crippen molar-refractivity contribution in [1.29, 1.82) is 0 Å². The summed E-state index contributed by atoms with van der Waals surface area (Å²) in [5, 5.41) is 11.9. The van der Waals surface area contributed by atoms with E-state index in [1.807, 2.05) is 20.8 Å². The molecule has 0 fully saturated rings. The van der Waals surface area contributed by atoms with Gasteiger partial charge >= 0.3 is 0 Å². The number of phenols is 1. The molecule has 1 aromatic carbocycles. The standard InChI is InChI=1S/C34H44O6/c1-15(2)18-12-13-34(11)19(14-18)21-26(36)24(25(35)17(5)6)27-22(28(21)40-34)20(16(3)4)23-29(37)32(7,8)31(38)33(9,10)30(23)39-27/h12-13,15-20,36H,14H2,1-11H3/t18-,19-,20-,34-/m1/s1. The number of hydrogen-bond acceptors (Lipinski definition) is 6. The molecule has 2 aliphatic carbocycles. The fourth-order valence-corrected chi connectivity index (χ4v) is 7.45. The first-order valence-corrected chi connectivity index (χ1v) is 14.7. The molecule has 2 aliphatic heterocycles. The first kappa shape index (κ1) is 28.6. The predicted octanol–water partition coefficient (Wildman–Crippen LogP) is 7.29. The van der Waals surface area contributed by atoms with E-state index in [1.54, 1.807) is 41.5 Å². The number of aromatic hydroxyl groups is 1. The molecule has 4 atom stereocenters. The second-order valence-electron chi connectivity index (χ2n) is 14.5. The highest BCUT2D eigenvalue weighted by Crippen LogP contribution is 2.65. The van der Waals surface area contributed by atoms with Gasteiger partial charge in [0.2, 0.25) is 0 Å². The van der Waals surface area contributed by atoms with Crippen LogP contribution in [-0.2, 0) is 9.59 Å². The summed E-state index contributed by atoms with van der Waals surface area (Å²) in [6.07, 6.45) is 5.07. The summed E-state index contributed by atoms with van der Waals surface area (Å²) in [4.78, 5) is 41.6. The van der Waals surface area contributed by atoms with Crippen molar-refractivity contribution in [2.75, 3.05) is 0 Å². The van der Waals surface area contributed by atoms with Crippen molar-refractivity contribution in [3.63, 3.8) is 0 Å². The molecule has 4 aliphatic rings. The number of rotatable bonds is 4. The zero-order valence-corrected chi connectivity index (χ0v) is 25.8. The Kier molecular flexibility index (Phi) is 6.30. The van der Waals surface area contributed by atoms with Crippen molar-refractivity contribution in [1.82, 2.24) is 0 Å². The lowest BCUT2D eigenvalue weighted by molar-refractivity contribution is -0.144. The molecule has 6 nitrogen and oxygen atoms in total. The van der Waals surface area contributed by atoms with Crippen molar-refractivity contribution < 1.29 is 29.0 Å². The fourth-order valence-electron chi connectivity index (χ4n) is 7.45. The van der Waals surface area contributed by atoms with Crippen LogP contribution in [0.15, 0.2) is 23.5 Å². The molecule has 0 aromatic heterocycles. The molecule has 0 saturated heterocycles. The number of carbonyl (C=O) groups excluding carboxylic acids is 3. The summed E-state index contributed by atoms with van der Waals surface area (Å²) in [6.45, 7) is 21.0. The smallest absolute Gasteiger partial charge is 0.175 e. The molecule has 0 bridgehead atoms. The zero-order valence-electron chi connectivity index (χ0n) is 25.8. The third-order valence-electron chi connectivity index (χ3n) is 9.88. The molecular formula is C34H44O6. The molecule has 216 valence electrons. The predicted molar refractivity (Wildman–Crippen MR) is 154 cm³/mol. The minimum Gasteiger partial charge on any atom is -0.507 e. The fraction of sp³-hybridized carbons (Fsp3) is 0.618. The van der Waals surface area contributed by atoms with E-state index in [2.05, 4.69) is 26.0 Å². The summed E-state index contributed by atoms with van der Waals surface area (Å²) in [7, 11) is 0. The van der Waals surface area contributed by atoms with Gasteiger partial charge in [0.1, 0.15) is 34.2 Å². The number of Topliss-reactive ketones (excluding diaryl/α,β-unsaturated/α-hetero) is 3. The third kappa shape index (κ3) is 3.63. The van der Waals surface area contributed by atoms with E-state index < -0.39 is 28.3 Å². The van der Waals surface area contributed by atoms with Crippen LogP contribution in [0.2, 0.25) is 0 Å². The van der Waals surface area contributed by atoms with Crippen LogP contribution in [0.3, 0.4) is 0 Å². The monoisotopic (exact) mass is 548 g/mol. The number of hydrogen-bond donors (Lipinski definition) is 1. The summed E-state index contributed by atoms with van der Waals surface area (Å²) in [5.41, 5.74) is -1.14. The van der Waals surface area contributed by atoms with Gasteiger partial charge in [-0.3, -0.25) is 14.4 Å². The van der Waals surface area contributed by atoms with E-state index >= 15 is 0 Å². The highest BCUT2D eigenvalue weighted by atomic mass is 16.5. The molecule has 40 heavy (non-hydrogen) atoms. The van der Waals surface area contributed by atoms with Gasteiger partial charge in [0.05, 0.1) is 10.8 Å². The van der Waals surface area contributed by atoms with Crippen LogP contribution in [0, 0.1) is 34.5 Å². The number of ether oxygens (including phenoxy) is 2. The minimum atomic E-state index is -1.22. The number of allylic oxidation sites excluding steroid dienone is 3. The Hall–Kier alpha value is -2.89. The second-order valence-corrected chi connectivity index (χ2v) is 14.5. The van der Waals surface area contributed by atoms with Crippen molar-refractivity contribution in [3.8, 4) is 17.2 Å². The van der Waals surface area contributed by atoms with E-state index in [0.29, 0.717) is 34.3 Å². The molecule has 1 aromatic rings. The Morgan fingerprint density at radius 1 is 0.925 bits per heavy atom. The van der Waals surface area contributed by atoms with Crippen LogP contribution >= 0.6 is 0 Å². The van der Waals surface area contributed by atoms with E-state index in [9.17, 15) is 19.5 Å². The SMILES string of the molecule is CC(C)C(=O)c1c(O)c2c(c3c1OC1=C(C(=O)C(C)(C)C(=O)C1(C)C)[C@@H]3C(C)C)O[C@]1(C)C=C[C@@H](C(C)C)C[C@H]21. The van der Waals surface area contributed by atoms with Gasteiger partial charge in [-0.15, -0.1) is 0 Å². The number of carbonyl (C=O) groups is 3. The van der Waals surface area contributed by atoms with Crippen LogP contribution in [-0.4, -0.2) is 28.1 Å². The quantitative estimate of drug-likeness (QED) is 0.241. The maximum Gasteiger partial charge on any atom is 0.175 e. The van der Waals surface area contributed by atoms with E-state index in [1.165, 1.54) is 0 Å². The third-order valence-corrected chi connectivity index (χ3v) is 9.88. The van der Waals surface area contributed by atoms with Crippen LogP contribution in [0.4, 0.5) is 0 Å². The molecule has 0 radical (unpaired) electrons. The van der Waals surface area contributed by atoms with Gasteiger partial charge in [-0.25, -0.2) is 0 Å². The van der Waals surface area contributed by atoms with Gasteiger partial charge in [0, 0.05) is 34.5 Å². The number of ketones is 3. The van der Waals surface area contributed by atoms with E-state index in [4.69, 9.17) is 9.47 Å². The Balaban J connectivity index is 1.88. The van der Waals surface area contributed by atoms with Gasteiger partial charge < -0.3 is 14.6 Å². The topological polar surface area (TPSA) is 89.9 Å². The average Bonchev–Trinajstić information content (AvgIpc) is 3.18. The Labute approximate surface area is 238 Å². The molecule has 5 rings (SSSR count). The molecule has 6 heteroatoms.